The quantitative estimate of drug-likeness (QED) is 0.667. The van der Waals surface area contributed by atoms with E-state index in [-0.39, 0.29) is 5.97 Å². The van der Waals surface area contributed by atoms with E-state index in [0.29, 0.717) is 17.9 Å². The molecular formula is C11H10O3. The molecule has 1 aromatic carbocycles. The zero-order chi connectivity index (χ0) is 9.97. The van der Waals surface area contributed by atoms with Gasteiger partial charge in [-0.2, -0.15) is 0 Å². The molecule has 0 aliphatic carbocycles. The van der Waals surface area contributed by atoms with E-state index in [1.54, 1.807) is 19.3 Å². The summed E-state index contributed by atoms with van der Waals surface area (Å²) in [6, 6.07) is 7.31. The maximum absolute atomic E-state index is 11.3. The van der Waals surface area contributed by atoms with Crippen molar-refractivity contribution in [2.75, 3.05) is 13.7 Å². The molecule has 14 heavy (non-hydrogen) atoms. The molecule has 3 nitrogen and oxygen atoms in total. The van der Waals surface area contributed by atoms with Gasteiger partial charge in [0.1, 0.15) is 5.76 Å². The van der Waals surface area contributed by atoms with Gasteiger partial charge in [-0.15, -0.1) is 0 Å². The van der Waals surface area contributed by atoms with E-state index in [4.69, 9.17) is 9.47 Å². The summed E-state index contributed by atoms with van der Waals surface area (Å²) in [6.07, 6.45) is 1.75. The van der Waals surface area contributed by atoms with Gasteiger partial charge in [-0.3, -0.25) is 0 Å². The second kappa shape index (κ2) is 3.64. The molecule has 1 aliphatic heterocycles. The molecule has 0 radical (unpaired) electrons. The highest BCUT2D eigenvalue weighted by atomic mass is 16.5. The van der Waals surface area contributed by atoms with Crippen LogP contribution in [0.2, 0.25) is 0 Å². The average molecular weight is 190 g/mol. The molecule has 0 fully saturated rings. The lowest BCUT2D eigenvalue weighted by Gasteiger charge is -1.96. The molecule has 2 rings (SSSR count). The lowest BCUT2D eigenvalue weighted by Crippen LogP contribution is -1.92. The van der Waals surface area contributed by atoms with Gasteiger partial charge >= 0.3 is 5.97 Å². The highest BCUT2D eigenvalue weighted by molar-refractivity contribution is 6.02. The molecule has 0 atom stereocenters. The predicted molar refractivity (Wildman–Crippen MR) is 51.7 cm³/mol. The predicted octanol–water partition coefficient (Wildman–Crippen LogP) is 1.84. The Morgan fingerprint density at radius 3 is 2.79 bits per heavy atom. The molecule has 0 unspecified atom stereocenters. The molecule has 1 aromatic rings. The molecule has 72 valence electrons. The fourth-order valence-corrected chi connectivity index (χ4v) is 1.40. The highest BCUT2D eigenvalue weighted by Gasteiger charge is 2.24. The summed E-state index contributed by atoms with van der Waals surface area (Å²) < 4.78 is 9.96. The normalized spacial score (nSPS) is 16.9. The summed E-state index contributed by atoms with van der Waals surface area (Å²) in [7, 11) is 1.60. The average Bonchev–Trinajstić information content (AvgIpc) is 2.54. The molecule has 3 heteroatoms. The number of cyclic esters (lactones) is 1. The van der Waals surface area contributed by atoms with Crippen molar-refractivity contribution < 1.29 is 14.3 Å². The number of benzene rings is 1. The maximum atomic E-state index is 11.3. The summed E-state index contributed by atoms with van der Waals surface area (Å²) in [4.78, 5) is 11.3. The smallest absolute Gasteiger partial charge is 0.344 e. The van der Waals surface area contributed by atoms with Crippen LogP contribution in [-0.4, -0.2) is 19.7 Å². The number of esters is 1. The van der Waals surface area contributed by atoms with Crippen LogP contribution in [0.1, 0.15) is 15.9 Å². The Kier molecular flexibility index (Phi) is 2.33. The van der Waals surface area contributed by atoms with Crippen molar-refractivity contribution in [1.82, 2.24) is 0 Å². The number of hydrogen-bond acceptors (Lipinski definition) is 3. The topological polar surface area (TPSA) is 35.5 Å². The van der Waals surface area contributed by atoms with Gasteiger partial charge in [0.25, 0.3) is 0 Å². The number of ether oxygens (including phenoxy) is 2. The third kappa shape index (κ3) is 1.42. The highest BCUT2D eigenvalue weighted by Crippen LogP contribution is 2.28. The lowest BCUT2D eigenvalue weighted by atomic mass is 10.1. The van der Waals surface area contributed by atoms with Gasteiger partial charge in [0.15, 0.2) is 0 Å². The summed E-state index contributed by atoms with van der Waals surface area (Å²) in [5.74, 6) is 0.301. The van der Waals surface area contributed by atoms with Crippen molar-refractivity contribution >= 4 is 11.7 Å². The molecule has 0 saturated heterocycles. The van der Waals surface area contributed by atoms with Crippen molar-refractivity contribution in [3.63, 3.8) is 0 Å². The minimum atomic E-state index is -0.289. The number of hydrogen-bond donors (Lipinski definition) is 0. The lowest BCUT2D eigenvalue weighted by molar-refractivity contribution is 0.0714. The molecule has 0 N–H and O–H groups in total. The maximum Gasteiger partial charge on any atom is 0.344 e. The van der Waals surface area contributed by atoms with Gasteiger partial charge in [0.05, 0.1) is 12.2 Å². The summed E-state index contributed by atoms with van der Waals surface area (Å²) in [5.41, 5.74) is 1.46. The zero-order valence-corrected chi connectivity index (χ0v) is 7.82. The van der Waals surface area contributed by atoms with E-state index in [2.05, 4.69) is 0 Å². The Morgan fingerprint density at radius 2 is 2.07 bits per heavy atom. The van der Waals surface area contributed by atoms with Gasteiger partial charge < -0.3 is 9.47 Å². The van der Waals surface area contributed by atoms with Crippen molar-refractivity contribution in [3.05, 3.63) is 41.5 Å². The van der Waals surface area contributed by atoms with Gasteiger partial charge in [-0.1, -0.05) is 18.2 Å². The fraction of sp³-hybridized carbons (Fsp3) is 0.182. The third-order valence-corrected chi connectivity index (χ3v) is 2.05. The Bertz CT molecular complexity index is 393. The molecular weight excluding hydrogens is 180 g/mol. The molecule has 0 amide bonds. The zero-order valence-electron chi connectivity index (χ0n) is 7.82. The van der Waals surface area contributed by atoms with Crippen molar-refractivity contribution in [1.29, 1.82) is 0 Å². The van der Waals surface area contributed by atoms with Gasteiger partial charge in [0.2, 0.25) is 0 Å². The Balaban J connectivity index is 2.39. The van der Waals surface area contributed by atoms with Crippen molar-refractivity contribution in [2.45, 2.75) is 0 Å². The first kappa shape index (κ1) is 8.97. The summed E-state index contributed by atoms with van der Waals surface area (Å²) in [6.45, 7) is 0.441. The first-order chi connectivity index (χ1) is 6.83. The van der Waals surface area contributed by atoms with E-state index in [1.807, 2.05) is 18.2 Å². The first-order valence-corrected chi connectivity index (χ1v) is 4.33. The van der Waals surface area contributed by atoms with Crippen LogP contribution >= 0.6 is 0 Å². The standard InChI is InChI=1S/C11H10O3/c1-13-7-6-10-8-4-2-3-5-9(8)11(12)14-10/h2-6H,7H2,1H3/b10-6-. The monoisotopic (exact) mass is 190 g/mol. The largest absolute Gasteiger partial charge is 0.423 e. The Morgan fingerprint density at radius 1 is 1.36 bits per heavy atom. The second-order valence-corrected chi connectivity index (χ2v) is 2.96. The molecule has 1 heterocycles. The van der Waals surface area contributed by atoms with E-state index in [0.717, 1.165) is 5.56 Å². The van der Waals surface area contributed by atoms with E-state index in [9.17, 15) is 4.79 Å². The number of methoxy groups -OCH3 is 1. The Labute approximate surface area is 81.9 Å². The fourth-order valence-electron chi connectivity index (χ4n) is 1.40. The van der Waals surface area contributed by atoms with Crippen LogP contribution in [0.3, 0.4) is 0 Å². The molecule has 0 spiro atoms. The molecule has 0 saturated carbocycles. The number of carbonyl (C=O) groups is 1. The van der Waals surface area contributed by atoms with Crippen molar-refractivity contribution in [3.8, 4) is 0 Å². The second-order valence-electron chi connectivity index (χ2n) is 2.96. The Hall–Kier alpha value is -1.61. The summed E-state index contributed by atoms with van der Waals surface area (Å²) in [5, 5.41) is 0. The van der Waals surface area contributed by atoms with Crippen LogP contribution in [0, 0.1) is 0 Å². The SMILES string of the molecule is COC/C=C1\OC(=O)c2ccccc21. The number of carbonyl (C=O) groups excluding carboxylic acids is 1. The number of fused-ring (bicyclic) bond motifs is 1. The molecule has 0 bridgehead atoms. The van der Waals surface area contributed by atoms with Crippen molar-refractivity contribution in [2.24, 2.45) is 0 Å². The van der Waals surface area contributed by atoms with Gasteiger partial charge in [-0.25, -0.2) is 4.79 Å². The molecule has 1 aliphatic rings. The molecule has 0 aromatic heterocycles. The van der Waals surface area contributed by atoms with Crippen LogP contribution in [0.5, 0.6) is 0 Å². The van der Waals surface area contributed by atoms with E-state index < -0.39 is 0 Å². The van der Waals surface area contributed by atoms with Crippen LogP contribution in [0.25, 0.3) is 5.76 Å². The number of rotatable bonds is 2. The van der Waals surface area contributed by atoms with Crippen LogP contribution in [0.4, 0.5) is 0 Å². The van der Waals surface area contributed by atoms with Gasteiger partial charge in [0, 0.05) is 12.7 Å². The van der Waals surface area contributed by atoms with Crippen LogP contribution < -0.4 is 0 Å². The van der Waals surface area contributed by atoms with E-state index >= 15 is 0 Å². The third-order valence-electron chi connectivity index (χ3n) is 2.05. The van der Waals surface area contributed by atoms with Crippen LogP contribution in [0.15, 0.2) is 30.3 Å². The van der Waals surface area contributed by atoms with E-state index in [1.165, 1.54) is 0 Å². The van der Waals surface area contributed by atoms with Gasteiger partial charge in [-0.05, 0) is 12.1 Å². The minimum Gasteiger partial charge on any atom is -0.423 e. The first-order valence-electron chi connectivity index (χ1n) is 4.33. The van der Waals surface area contributed by atoms with Crippen LogP contribution in [-0.2, 0) is 9.47 Å². The summed E-state index contributed by atoms with van der Waals surface area (Å²) >= 11 is 0. The minimum absolute atomic E-state index is 0.289.